The number of rotatable bonds is 6. The lowest BCUT2D eigenvalue weighted by Gasteiger charge is -2.25. The molecular weight excluding hydrogens is 236 g/mol. The van der Waals surface area contributed by atoms with Crippen molar-refractivity contribution in [2.45, 2.75) is 27.2 Å². The van der Waals surface area contributed by atoms with Crippen LogP contribution >= 0.6 is 0 Å². The highest BCUT2D eigenvalue weighted by molar-refractivity contribution is 5.64. The fraction of sp³-hybridized carbons (Fsp3) is 0.600. The third-order valence-electron chi connectivity index (χ3n) is 3.58. The van der Waals surface area contributed by atoms with Gasteiger partial charge in [0.2, 0.25) is 0 Å². The average molecular weight is 262 g/mol. The summed E-state index contributed by atoms with van der Waals surface area (Å²) in [5.41, 5.74) is 7.77. The smallest absolute Gasteiger partial charge is 0.155 e. The molecule has 0 aliphatic rings. The van der Waals surface area contributed by atoms with Gasteiger partial charge in [-0.3, -0.25) is 0 Å². The van der Waals surface area contributed by atoms with Gasteiger partial charge < -0.3 is 10.6 Å². The van der Waals surface area contributed by atoms with E-state index in [1.165, 1.54) is 0 Å². The van der Waals surface area contributed by atoms with Crippen LogP contribution in [0.2, 0.25) is 0 Å². The lowest BCUT2D eigenvalue weighted by Crippen LogP contribution is -2.20. The number of nitrogens with two attached hydrogens (primary N) is 1. The molecule has 106 valence electrons. The largest absolute Gasteiger partial charge is 0.394 e. The van der Waals surface area contributed by atoms with Crippen LogP contribution in [-0.4, -0.2) is 24.1 Å². The van der Waals surface area contributed by atoms with Crippen LogP contribution in [-0.2, 0) is 6.42 Å². The van der Waals surface area contributed by atoms with Crippen LogP contribution in [0.3, 0.4) is 0 Å². The second-order valence-corrected chi connectivity index (χ2v) is 5.69. The van der Waals surface area contributed by atoms with Gasteiger partial charge in [0.15, 0.2) is 5.82 Å². The number of nitrogen functional groups attached to an aromatic ring is 1. The molecule has 4 nitrogen and oxygen atoms in total. The lowest BCUT2D eigenvalue weighted by atomic mass is 9.82. The maximum absolute atomic E-state index is 6.16. The van der Waals surface area contributed by atoms with Gasteiger partial charge in [-0.2, -0.15) is 0 Å². The molecule has 0 amide bonds. The summed E-state index contributed by atoms with van der Waals surface area (Å²) in [4.78, 5) is 10.5. The zero-order chi connectivity index (χ0) is 14.6. The van der Waals surface area contributed by atoms with E-state index in [9.17, 15) is 0 Å². The van der Waals surface area contributed by atoms with Gasteiger partial charge in [0.1, 0.15) is 6.33 Å². The van der Waals surface area contributed by atoms with Gasteiger partial charge in [0.25, 0.3) is 0 Å². The molecule has 2 N–H and O–H groups in total. The molecule has 0 aliphatic carbocycles. The number of anilines is 2. The van der Waals surface area contributed by atoms with Crippen LogP contribution in [0.1, 0.15) is 26.5 Å². The molecule has 1 heterocycles. The zero-order valence-electron chi connectivity index (χ0n) is 12.7. The van der Waals surface area contributed by atoms with Crippen molar-refractivity contribution >= 4 is 11.5 Å². The zero-order valence-corrected chi connectivity index (χ0v) is 12.7. The minimum absolute atomic E-state index is 0.463. The van der Waals surface area contributed by atoms with Crippen molar-refractivity contribution in [1.29, 1.82) is 0 Å². The normalized spacial score (nSPS) is 14.2. The summed E-state index contributed by atoms with van der Waals surface area (Å²) in [6.07, 6.45) is 4.48. The highest BCUT2D eigenvalue weighted by Crippen LogP contribution is 2.28. The molecule has 1 rings (SSSR count). The Balaban J connectivity index is 2.93. The summed E-state index contributed by atoms with van der Waals surface area (Å²) in [6, 6.07) is 0. The van der Waals surface area contributed by atoms with E-state index in [0.29, 0.717) is 23.4 Å². The summed E-state index contributed by atoms with van der Waals surface area (Å²) >= 11 is 0. The summed E-state index contributed by atoms with van der Waals surface area (Å²) in [7, 11) is 3.87. The molecule has 0 aliphatic heterocycles. The van der Waals surface area contributed by atoms with Gasteiger partial charge in [-0.05, 0) is 24.2 Å². The number of nitrogens with zero attached hydrogens (tertiary/aromatic N) is 3. The van der Waals surface area contributed by atoms with E-state index < -0.39 is 0 Å². The minimum Gasteiger partial charge on any atom is -0.394 e. The molecule has 2 atom stereocenters. The fourth-order valence-electron chi connectivity index (χ4n) is 2.54. The van der Waals surface area contributed by atoms with Crippen LogP contribution < -0.4 is 10.6 Å². The molecular formula is C15H26N4. The molecule has 1 aromatic heterocycles. The Morgan fingerprint density at radius 3 is 2.42 bits per heavy atom. The summed E-state index contributed by atoms with van der Waals surface area (Å²) in [6.45, 7) is 10.6. The topological polar surface area (TPSA) is 55.0 Å². The second-order valence-electron chi connectivity index (χ2n) is 5.69. The van der Waals surface area contributed by atoms with E-state index in [1.54, 1.807) is 6.33 Å². The monoisotopic (exact) mass is 262 g/mol. The van der Waals surface area contributed by atoms with Crippen LogP contribution in [0.5, 0.6) is 0 Å². The van der Waals surface area contributed by atoms with Crippen molar-refractivity contribution in [2.75, 3.05) is 24.7 Å². The molecule has 1 aromatic rings. The van der Waals surface area contributed by atoms with E-state index in [2.05, 4.69) is 37.3 Å². The molecule has 4 heteroatoms. The first kappa shape index (κ1) is 15.5. The molecule has 2 unspecified atom stereocenters. The Bertz CT molecular complexity index is 426. The highest BCUT2D eigenvalue weighted by Gasteiger charge is 2.20. The molecule has 0 saturated heterocycles. The molecule has 19 heavy (non-hydrogen) atoms. The first-order valence-corrected chi connectivity index (χ1v) is 6.77. The van der Waals surface area contributed by atoms with Gasteiger partial charge >= 0.3 is 0 Å². The minimum atomic E-state index is 0.463. The van der Waals surface area contributed by atoms with Crippen LogP contribution in [0.15, 0.2) is 19.0 Å². The molecule has 0 bridgehead atoms. The van der Waals surface area contributed by atoms with E-state index in [0.717, 1.165) is 17.9 Å². The van der Waals surface area contributed by atoms with Crippen molar-refractivity contribution in [1.82, 2.24) is 9.97 Å². The SMILES string of the molecule is C=CC(C(C)C)C(C)Cc1ncnc(N(C)C)c1N. The van der Waals surface area contributed by atoms with Crippen molar-refractivity contribution in [3.63, 3.8) is 0 Å². The Labute approximate surface area is 116 Å². The Morgan fingerprint density at radius 2 is 1.95 bits per heavy atom. The molecule has 0 spiro atoms. The standard InChI is InChI=1S/C15H26N4/c1-7-12(10(2)3)11(4)8-13-14(16)15(19(5)6)18-9-17-13/h7,9-12H,1,8,16H2,2-6H3. The average Bonchev–Trinajstić information content (AvgIpc) is 2.31. The number of hydrogen-bond acceptors (Lipinski definition) is 4. The van der Waals surface area contributed by atoms with E-state index in [1.807, 2.05) is 25.1 Å². The van der Waals surface area contributed by atoms with Gasteiger partial charge in [0, 0.05) is 14.1 Å². The maximum Gasteiger partial charge on any atom is 0.155 e. The first-order chi connectivity index (χ1) is 8.88. The van der Waals surface area contributed by atoms with Gasteiger partial charge in [-0.15, -0.1) is 6.58 Å². The predicted molar refractivity (Wildman–Crippen MR) is 82.2 cm³/mol. The first-order valence-electron chi connectivity index (χ1n) is 6.77. The molecule has 0 radical (unpaired) electrons. The van der Waals surface area contributed by atoms with Crippen molar-refractivity contribution in [3.8, 4) is 0 Å². The number of hydrogen-bond donors (Lipinski definition) is 1. The fourth-order valence-corrected chi connectivity index (χ4v) is 2.54. The quantitative estimate of drug-likeness (QED) is 0.801. The van der Waals surface area contributed by atoms with E-state index in [4.69, 9.17) is 5.73 Å². The van der Waals surface area contributed by atoms with Crippen LogP contribution in [0.4, 0.5) is 11.5 Å². The number of allylic oxidation sites excluding steroid dienone is 1. The van der Waals surface area contributed by atoms with Gasteiger partial charge in [-0.1, -0.05) is 26.8 Å². The van der Waals surface area contributed by atoms with Crippen molar-refractivity contribution in [2.24, 2.45) is 17.8 Å². The summed E-state index contributed by atoms with van der Waals surface area (Å²) in [5.74, 6) is 2.29. The Morgan fingerprint density at radius 1 is 1.32 bits per heavy atom. The third-order valence-corrected chi connectivity index (χ3v) is 3.58. The maximum atomic E-state index is 6.16. The second kappa shape index (κ2) is 6.55. The molecule has 0 fully saturated rings. The van der Waals surface area contributed by atoms with Gasteiger partial charge in [-0.25, -0.2) is 9.97 Å². The molecule has 0 saturated carbocycles. The third kappa shape index (κ3) is 3.69. The van der Waals surface area contributed by atoms with Crippen LogP contribution in [0, 0.1) is 17.8 Å². The van der Waals surface area contributed by atoms with Crippen LogP contribution in [0.25, 0.3) is 0 Å². The summed E-state index contributed by atoms with van der Waals surface area (Å²) < 4.78 is 0. The molecule has 0 aromatic carbocycles. The predicted octanol–water partition coefficient (Wildman–Crippen LogP) is 2.76. The van der Waals surface area contributed by atoms with Gasteiger partial charge in [0.05, 0.1) is 11.4 Å². The van der Waals surface area contributed by atoms with Crippen molar-refractivity contribution in [3.05, 3.63) is 24.7 Å². The van der Waals surface area contributed by atoms with Crippen molar-refractivity contribution < 1.29 is 0 Å². The Hall–Kier alpha value is -1.58. The summed E-state index contributed by atoms with van der Waals surface area (Å²) in [5, 5.41) is 0. The van der Waals surface area contributed by atoms with E-state index >= 15 is 0 Å². The lowest BCUT2D eigenvalue weighted by molar-refractivity contribution is 0.331. The number of aromatic nitrogens is 2. The van der Waals surface area contributed by atoms with E-state index in [-0.39, 0.29) is 0 Å². The Kier molecular flexibility index (Phi) is 5.33. The highest BCUT2D eigenvalue weighted by atomic mass is 15.2.